The Bertz CT molecular complexity index is 441. The predicted molar refractivity (Wildman–Crippen MR) is 92.7 cm³/mol. The number of methoxy groups -OCH3 is 1. The molecule has 0 bridgehead atoms. The zero-order valence-corrected chi connectivity index (χ0v) is 15.1. The van der Waals surface area contributed by atoms with Crippen molar-refractivity contribution in [3.63, 3.8) is 0 Å². The SMILES string of the molecule is CCNC(Cc1cccc(Br)c1)C1(OC)CCC(C)CC1. The summed E-state index contributed by atoms with van der Waals surface area (Å²) in [6, 6.07) is 9.02. The third kappa shape index (κ3) is 4.30. The Labute approximate surface area is 137 Å². The molecule has 0 spiro atoms. The normalized spacial score (nSPS) is 27.5. The zero-order chi connectivity index (χ0) is 15.3. The molecule has 1 N–H and O–H groups in total. The van der Waals surface area contributed by atoms with Gasteiger partial charge in [-0.05, 0) is 62.3 Å². The molecule has 1 unspecified atom stereocenters. The second kappa shape index (κ2) is 7.75. The van der Waals surface area contributed by atoms with E-state index in [0.29, 0.717) is 6.04 Å². The first-order valence-corrected chi connectivity index (χ1v) is 8.92. The van der Waals surface area contributed by atoms with Gasteiger partial charge in [0.1, 0.15) is 0 Å². The Morgan fingerprint density at radius 2 is 2.10 bits per heavy atom. The first-order chi connectivity index (χ1) is 10.1. The molecular weight excluding hydrogens is 326 g/mol. The van der Waals surface area contributed by atoms with Crippen LogP contribution in [0.4, 0.5) is 0 Å². The van der Waals surface area contributed by atoms with Crippen molar-refractivity contribution in [3.8, 4) is 0 Å². The minimum Gasteiger partial charge on any atom is -0.377 e. The molecule has 0 radical (unpaired) electrons. The van der Waals surface area contributed by atoms with Crippen molar-refractivity contribution >= 4 is 15.9 Å². The van der Waals surface area contributed by atoms with Crippen molar-refractivity contribution in [1.82, 2.24) is 5.32 Å². The smallest absolute Gasteiger partial charge is 0.0834 e. The summed E-state index contributed by atoms with van der Waals surface area (Å²) in [5, 5.41) is 3.69. The molecule has 2 rings (SSSR count). The molecule has 0 amide bonds. The van der Waals surface area contributed by atoms with Crippen LogP contribution in [0.5, 0.6) is 0 Å². The lowest BCUT2D eigenvalue weighted by molar-refractivity contribution is -0.0742. The van der Waals surface area contributed by atoms with Crippen molar-refractivity contribution in [2.24, 2.45) is 5.92 Å². The molecule has 3 heteroatoms. The molecule has 1 fully saturated rings. The van der Waals surface area contributed by atoms with Crippen LogP contribution < -0.4 is 5.32 Å². The minimum atomic E-state index is -0.00909. The molecule has 0 aliphatic heterocycles. The summed E-state index contributed by atoms with van der Waals surface area (Å²) < 4.78 is 7.22. The van der Waals surface area contributed by atoms with Crippen LogP contribution in [0.3, 0.4) is 0 Å². The third-order valence-electron chi connectivity index (χ3n) is 4.94. The second-order valence-electron chi connectivity index (χ2n) is 6.40. The van der Waals surface area contributed by atoms with Gasteiger partial charge in [-0.2, -0.15) is 0 Å². The van der Waals surface area contributed by atoms with Crippen LogP contribution in [0.25, 0.3) is 0 Å². The van der Waals surface area contributed by atoms with Gasteiger partial charge in [0.15, 0.2) is 0 Å². The van der Waals surface area contributed by atoms with Crippen LogP contribution in [-0.2, 0) is 11.2 Å². The molecule has 118 valence electrons. The largest absolute Gasteiger partial charge is 0.377 e. The molecule has 1 aliphatic rings. The standard InChI is InChI=1S/C18H28BrNO/c1-4-20-17(13-15-6-5-7-16(19)12-15)18(21-3)10-8-14(2)9-11-18/h5-7,12,14,17,20H,4,8-11,13H2,1-3H3. The van der Waals surface area contributed by atoms with Crippen LogP contribution in [0.15, 0.2) is 28.7 Å². The second-order valence-corrected chi connectivity index (χ2v) is 7.31. The number of ether oxygens (including phenoxy) is 1. The molecule has 1 aromatic rings. The topological polar surface area (TPSA) is 21.3 Å². The Hall–Kier alpha value is -0.380. The molecule has 21 heavy (non-hydrogen) atoms. The molecule has 1 atom stereocenters. The molecule has 1 aliphatic carbocycles. The van der Waals surface area contributed by atoms with E-state index in [4.69, 9.17) is 4.74 Å². The van der Waals surface area contributed by atoms with Crippen molar-refractivity contribution in [2.75, 3.05) is 13.7 Å². The first kappa shape index (κ1) is 17.0. The summed E-state index contributed by atoms with van der Waals surface area (Å²) in [4.78, 5) is 0. The summed E-state index contributed by atoms with van der Waals surface area (Å²) in [5.41, 5.74) is 1.36. The summed E-state index contributed by atoms with van der Waals surface area (Å²) in [6.45, 7) is 5.53. The van der Waals surface area contributed by atoms with Gasteiger partial charge in [-0.3, -0.25) is 0 Å². The zero-order valence-electron chi connectivity index (χ0n) is 13.5. The van der Waals surface area contributed by atoms with Crippen molar-refractivity contribution in [2.45, 2.75) is 57.6 Å². The maximum absolute atomic E-state index is 6.07. The summed E-state index contributed by atoms with van der Waals surface area (Å²) in [7, 11) is 1.89. The molecule has 0 heterocycles. The molecule has 1 aromatic carbocycles. The average molecular weight is 354 g/mol. The lowest BCUT2D eigenvalue weighted by Gasteiger charge is -2.44. The fourth-order valence-corrected chi connectivity index (χ4v) is 3.98. The van der Waals surface area contributed by atoms with E-state index in [9.17, 15) is 0 Å². The molecule has 2 nitrogen and oxygen atoms in total. The number of benzene rings is 1. The van der Waals surface area contributed by atoms with Gasteiger partial charge < -0.3 is 10.1 Å². The van der Waals surface area contributed by atoms with Crippen LogP contribution in [0.2, 0.25) is 0 Å². The summed E-state index contributed by atoms with van der Waals surface area (Å²) in [6.07, 6.45) is 5.89. The van der Waals surface area contributed by atoms with Gasteiger partial charge in [0.05, 0.1) is 5.60 Å². The number of likely N-dealkylation sites (N-methyl/N-ethyl adjacent to an activating group) is 1. The van der Waals surface area contributed by atoms with Gasteiger partial charge >= 0.3 is 0 Å². The first-order valence-electron chi connectivity index (χ1n) is 8.12. The van der Waals surface area contributed by atoms with E-state index < -0.39 is 0 Å². The predicted octanol–water partition coefficient (Wildman–Crippen LogP) is 4.57. The Kier molecular flexibility index (Phi) is 6.27. The number of hydrogen-bond donors (Lipinski definition) is 1. The highest BCUT2D eigenvalue weighted by atomic mass is 79.9. The van der Waals surface area contributed by atoms with Crippen LogP contribution >= 0.6 is 15.9 Å². The van der Waals surface area contributed by atoms with E-state index >= 15 is 0 Å². The van der Waals surface area contributed by atoms with Gasteiger partial charge in [-0.25, -0.2) is 0 Å². The van der Waals surface area contributed by atoms with Crippen molar-refractivity contribution in [3.05, 3.63) is 34.3 Å². The van der Waals surface area contributed by atoms with E-state index in [2.05, 4.69) is 59.4 Å². The highest BCUT2D eigenvalue weighted by Crippen LogP contribution is 2.38. The molecular formula is C18H28BrNO. The van der Waals surface area contributed by atoms with Gasteiger partial charge in [-0.1, -0.05) is 41.9 Å². The summed E-state index contributed by atoms with van der Waals surface area (Å²) in [5.74, 6) is 0.835. The monoisotopic (exact) mass is 353 g/mol. The number of nitrogens with one attached hydrogen (secondary N) is 1. The van der Waals surface area contributed by atoms with Crippen LogP contribution in [0, 0.1) is 5.92 Å². The fourth-order valence-electron chi connectivity index (χ4n) is 3.54. The highest BCUT2D eigenvalue weighted by molar-refractivity contribution is 9.10. The Balaban J connectivity index is 2.16. The van der Waals surface area contributed by atoms with Gasteiger partial charge in [0.25, 0.3) is 0 Å². The van der Waals surface area contributed by atoms with Gasteiger partial charge in [-0.15, -0.1) is 0 Å². The Morgan fingerprint density at radius 3 is 2.67 bits per heavy atom. The number of rotatable bonds is 6. The highest BCUT2D eigenvalue weighted by Gasteiger charge is 2.41. The average Bonchev–Trinajstić information content (AvgIpc) is 2.48. The molecule has 0 aromatic heterocycles. The quantitative estimate of drug-likeness (QED) is 0.808. The van der Waals surface area contributed by atoms with E-state index in [1.54, 1.807) is 0 Å². The maximum Gasteiger partial charge on any atom is 0.0834 e. The number of halogens is 1. The van der Waals surface area contributed by atoms with Crippen molar-refractivity contribution in [1.29, 1.82) is 0 Å². The number of hydrogen-bond acceptors (Lipinski definition) is 2. The molecule has 0 saturated heterocycles. The molecule has 1 saturated carbocycles. The van der Waals surface area contributed by atoms with E-state index in [-0.39, 0.29) is 5.60 Å². The van der Waals surface area contributed by atoms with Gasteiger partial charge in [0, 0.05) is 17.6 Å². The minimum absolute atomic E-state index is 0.00909. The lowest BCUT2D eigenvalue weighted by Crippen LogP contribution is -2.55. The lowest BCUT2D eigenvalue weighted by atomic mass is 9.73. The Morgan fingerprint density at radius 1 is 1.38 bits per heavy atom. The van der Waals surface area contributed by atoms with Gasteiger partial charge in [0.2, 0.25) is 0 Å². The fraction of sp³-hybridized carbons (Fsp3) is 0.667. The maximum atomic E-state index is 6.07. The van der Waals surface area contributed by atoms with E-state index in [0.717, 1.165) is 36.2 Å². The summed E-state index contributed by atoms with van der Waals surface area (Å²) >= 11 is 3.57. The van der Waals surface area contributed by atoms with Crippen molar-refractivity contribution < 1.29 is 4.74 Å². The third-order valence-corrected chi connectivity index (χ3v) is 5.43. The van der Waals surface area contributed by atoms with Crippen LogP contribution in [0.1, 0.15) is 45.1 Å². The van der Waals surface area contributed by atoms with E-state index in [1.807, 2.05) is 7.11 Å². The van der Waals surface area contributed by atoms with Crippen LogP contribution in [-0.4, -0.2) is 25.3 Å². The van der Waals surface area contributed by atoms with E-state index in [1.165, 1.54) is 18.4 Å².